The molecular formula is C32H40N2O5. The summed E-state index contributed by atoms with van der Waals surface area (Å²) in [5.41, 5.74) is 8.09. The second kappa shape index (κ2) is 14.1. The lowest BCUT2D eigenvalue weighted by Gasteiger charge is -2.25. The lowest BCUT2D eigenvalue weighted by atomic mass is 9.93. The fourth-order valence-electron chi connectivity index (χ4n) is 4.62. The van der Waals surface area contributed by atoms with Gasteiger partial charge in [0.1, 0.15) is 18.3 Å². The Labute approximate surface area is 231 Å². The first-order chi connectivity index (χ1) is 18.8. The minimum absolute atomic E-state index is 0.0192. The van der Waals surface area contributed by atoms with Crippen molar-refractivity contribution in [2.24, 2.45) is 9.98 Å². The van der Waals surface area contributed by atoms with Crippen LogP contribution in [-0.4, -0.2) is 64.7 Å². The molecule has 0 spiro atoms. The highest BCUT2D eigenvalue weighted by molar-refractivity contribution is 5.83. The Hall–Kier alpha value is -3.36. The van der Waals surface area contributed by atoms with Gasteiger partial charge < -0.3 is 25.2 Å². The number of aliphatic imine (C=N–C) groups is 2. The Balaban J connectivity index is 1.87. The summed E-state index contributed by atoms with van der Waals surface area (Å²) in [6, 6.07) is 20.7. The van der Waals surface area contributed by atoms with Crippen molar-refractivity contribution in [2.75, 3.05) is 13.2 Å². The zero-order valence-corrected chi connectivity index (χ0v) is 23.2. The van der Waals surface area contributed by atoms with Gasteiger partial charge in [0.15, 0.2) is 0 Å². The summed E-state index contributed by atoms with van der Waals surface area (Å²) in [5.74, 6) is 0.162. The maximum Gasteiger partial charge on any atom is 0.316 e. The van der Waals surface area contributed by atoms with Crippen molar-refractivity contribution in [3.8, 4) is 22.3 Å². The zero-order chi connectivity index (χ0) is 28.5. The largest absolute Gasteiger partial charge is 0.457 e. The molecule has 0 amide bonds. The standard InChI is InChI=1S/C32H40N2O5/c1-6-22(18-35)23-8-10-24(11-9-23)25-12-14-26(15-13-25)27-17-28(21(4)16-20(27)3)34-32(33-5)39-30(7-2)31(38)29(37)19-36/h8-17,22,29-31,35-38H,5-7,18-19H2,1-4H3/t22?,29-,30-,31-/m1/s1. The van der Waals surface area contributed by atoms with Crippen LogP contribution in [0.4, 0.5) is 5.69 Å². The summed E-state index contributed by atoms with van der Waals surface area (Å²) in [6.07, 6.45) is -2.15. The Morgan fingerprint density at radius 3 is 1.92 bits per heavy atom. The molecule has 1 unspecified atom stereocenters. The minimum Gasteiger partial charge on any atom is -0.457 e. The van der Waals surface area contributed by atoms with Crippen LogP contribution in [0.3, 0.4) is 0 Å². The number of aliphatic hydroxyl groups excluding tert-OH is 4. The van der Waals surface area contributed by atoms with Crippen LogP contribution in [-0.2, 0) is 4.74 Å². The summed E-state index contributed by atoms with van der Waals surface area (Å²) in [6.45, 7) is 11.0. The molecule has 0 aliphatic rings. The van der Waals surface area contributed by atoms with E-state index in [2.05, 4.69) is 85.1 Å². The maximum absolute atomic E-state index is 10.3. The molecule has 7 nitrogen and oxygen atoms in total. The third-order valence-electron chi connectivity index (χ3n) is 7.14. The molecule has 7 heteroatoms. The van der Waals surface area contributed by atoms with Crippen molar-refractivity contribution >= 4 is 18.4 Å². The Morgan fingerprint density at radius 2 is 1.41 bits per heavy atom. The van der Waals surface area contributed by atoms with Crippen LogP contribution in [0, 0.1) is 13.8 Å². The van der Waals surface area contributed by atoms with Gasteiger partial charge in [0.05, 0.1) is 12.3 Å². The van der Waals surface area contributed by atoms with Gasteiger partial charge in [0, 0.05) is 12.5 Å². The van der Waals surface area contributed by atoms with Crippen molar-refractivity contribution in [1.29, 1.82) is 0 Å². The summed E-state index contributed by atoms with van der Waals surface area (Å²) in [7, 11) is 0. The van der Waals surface area contributed by atoms with Gasteiger partial charge in [0.2, 0.25) is 0 Å². The first-order valence-corrected chi connectivity index (χ1v) is 13.4. The van der Waals surface area contributed by atoms with E-state index < -0.39 is 24.9 Å². The molecule has 4 N–H and O–H groups in total. The molecule has 208 valence electrons. The van der Waals surface area contributed by atoms with E-state index >= 15 is 0 Å². The second-order valence-corrected chi connectivity index (χ2v) is 9.80. The van der Waals surface area contributed by atoms with Crippen LogP contribution in [0.25, 0.3) is 22.3 Å². The molecule has 0 aliphatic heterocycles. The number of rotatable bonds is 11. The molecule has 3 rings (SSSR count). The molecule has 0 aliphatic carbocycles. The molecule has 0 fully saturated rings. The molecule has 0 heterocycles. The first-order valence-electron chi connectivity index (χ1n) is 13.4. The van der Waals surface area contributed by atoms with E-state index in [1.54, 1.807) is 6.92 Å². The second-order valence-electron chi connectivity index (χ2n) is 9.80. The van der Waals surface area contributed by atoms with E-state index in [-0.39, 0.29) is 18.5 Å². The van der Waals surface area contributed by atoms with E-state index in [0.29, 0.717) is 12.1 Å². The third-order valence-corrected chi connectivity index (χ3v) is 7.14. The molecule has 4 atom stereocenters. The van der Waals surface area contributed by atoms with E-state index in [9.17, 15) is 15.3 Å². The zero-order valence-electron chi connectivity index (χ0n) is 23.2. The summed E-state index contributed by atoms with van der Waals surface area (Å²) in [4.78, 5) is 8.44. The van der Waals surface area contributed by atoms with Gasteiger partial charge in [-0.05, 0) is 78.4 Å². The van der Waals surface area contributed by atoms with E-state index in [1.807, 2.05) is 13.0 Å². The Morgan fingerprint density at radius 1 is 0.821 bits per heavy atom. The van der Waals surface area contributed by atoms with Gasteiger partial charge in [0.25, 0.3) is 0 Å². The number of benzene rings is 3. The van der Waals surface area contributed by atoms with E-state index in [4.69, 9.17) is 9.84 Å². The molecule has 0 bridgehead atoms. The SMILES string of the molecule is C=NC(=Nc1cc(-c2ccc(-c3ccc(C(CC)CO)cc3)cc2)c(C)cc1C)O[C@H](CC)[C@H](O)[C@H](O)CO. The van der Waals surface area contributed by atoms with Gasteiger partial charge >= 0.3 is 6.02 Å². The molecule has 3 aromatic rings. The molecule has 0 aromatic heterocycles. The van der Waals surface area contributed by atoms with Gasteiger partial charge in [-0.2, -0.15) is 4.99 Å². The fraction of sp³-hybridized carbons (Fsp3) is 0.375. The number of aryl methyl sites for hydroxylation is 2. The normalized spacial score (nSPS) is 14.9. The van der Waals surface area contributed by atoms with Crippen molar-refractivity contribution in [2.45, 2.75) is 64.8 Å². The number of aliphatic hydroxyl groups is 4. The molecule has 3 aromatic carbocycles. The highest BCUT2D eigenvalue weighted by Crippen LogP contribution is 2.33. The maximum atomic E-state index is 10.3. The van der Waals surface area contributed by atoms with Crippen molar-refractivity contribution in [1.82, 2.24) is 0 Å². The monoisotopic (exact) mass is 532 g/mol. The third kappa shape index (κ3) is 7.40. The van der Waals surface area contributed by atoms with Crippen molar-refractivity contribution in [3.63, 3.8) is 0 Å². The van der Waals surface area contributed by atoms with Crippen LogP contribution in [0.2, 0.25) is 0 Å². The van der Waals surface area contributed by atoms with Crippen molar-refractivity contribution < 1.29 is 25.2 Å². The number of amidine groups is 1. The molecule has 0 radical (unpaired) electrons. The van der Waals surface area contributed by atoms with Gasteiger partial charge in [-0.15, -0.1) is 0 Å². The van der Waals surface area contributed by atoms with Gasteiger partial charge in [-0.3, -0.25) is 0 Å². The fourth-order valence-corrected chi connectivity index (χ4v) is 4.62. The highest BCUT2D eigenvalue weighted by Gasteiger charge is 2.27. The molecule has 39 heavy (non-hydrogen) atoms. The summed E-state index contributed by atoms with van der Waals surface area (Å²) in [5, 5.41) is 38.8. The topological polar surface area (TPSA) is 115 Å². The van der Waals surface area contributed by atoms with Crippen LogP contribution in [0.15, 0.2) is 70.6 Å². The molecular weight excluding hydrogens is 492 g/mol. The quantitative estimate of drug-likeness (QED) is 0.197. The Kier molecular flexibility index (Phi) is 10.9. The average Bonchev–Trinajstić information content (AvgIpc) is 2.96. The number of hydrogen-bond donors (Lipinski definition) is 4. The van der Waals surface area contributed by atoms with Crippen LogP contribution in [0.1, 0.15) is 49.3 Å². The predicted octanol–water partition coefficient (Wildman–Crippen LogP) is 5.32. The van der Waals surface area contributed by atoms with Gasteiger partial charge in [-0.1, -0.05) is 68.4 Å². The highest BCUT2D eigenvalue weighted by atomic mass is 16.5. The van der Waals surface area contributed by atoms with Crippen LogP contribution >= 0.6 is 0 Å². The number of nitrogens with zero attached hydrogens (tertiary/aromatic N) is 2. The van der Waals surface area contributed by atoms with E-state index in [0.717, 1.165) is 45.4 Å². The number of ether oxygens (including phenoxy) is 1. The first kappa shape index (κ1) is 30.2. The summed E-state index contributed by atoms with van der Waals surface area (Å²) >= 11 is 0. The molecule has 0 saturated heterocycles. The lowest BCUT2D eigenvalue weighted by Crippen LogP contribution is -2.41. The molecule has 0 saturated carbocycles. The van der Waals surface area contributed by atoms with Crippen molar-refractivity contribution in [3.05, 3.63) is 77.4 Å². The van der Waals surface area contributed by atoms with E-state index in [1.165, 1.54) is 0 Å². The van der Waals surface area contributed by atoms with Crippen LogP contribution < -0.4 is 0 Å². The minimum atomic E-state index is -1.33. The Bertz CT molecular complexity index is 1250. The predicted molar refractivity (Wildman–Crippen MR) is 158 cm³/mol. The van der Waals surface area contributed by atoms with Gasteiger partial charge in [-0.25, -0.2) is 4.99 Å². The average molecular weight is 533 g/mol. The van der Waals surface area contributed by atoms with Crippen LogP contribution in [0.5, 0.6) is 0 Å². The summed E-state index contributed by atoms with van der Waals surface area (Å²) < 4.78 is 5.76. The smallest absolute Gasteiger partial charge is 0.316 e. The lowest BCUT2D eigenvalue weighted by molar-refractivity contribution is -0.0723. The number of hydrogen-bond acceptors (Lipinski definition) is 6.